The molecule has 2 saturated heterocycles. The number of hydrogen-bond donors (Lipinski definition) is 0. The summed E-state index contributed by atoms with van der Waals surface area (Å²) in [5.74, 6) is 0.0771. The summed E-state index contributed by atoms with van der Waals surface area (Å²) in [7, 11) is 0. The summed E-state index contributed by atoms with van der Waals surface area (Å²) in [6.45, 7) is 8.59. The summed E-state index contributed by atoms with van der Waals surface area (Å²) in [4.78, 5) is 42.5. The number of amides is 2. The number of likely N-dealkylation sites (tertiary alicyclic amines) is 1. The highest BCUT2D eigenvalue weighted by molar-refractivity contribution is 6.15. The Bertz CT molecular complexity index is 2340. The number of fused-ring (bicyclic) bond motifs is 4. The predicted octanol–water partition coefficient (Wildman–Crippen LogP) is 9.49. The van der Waals surface area contributed by atoms with E-state index in [0.717, 1.165) is 84.4 Å². The van der Waals surface area contributed by atoms with Crippen molar-refractivity contribution in [1.29, 1.82) is 0 Å². The molecule has 0 unspecified atom stereocenters. The number of para-hydroxylation sites is 2. The average Bonchev–Trinajstić information content (AvgIpc) is 3.61. The van der Waals surface area contributed by atoms with E-state index in [1.54, 1.807) is 0 Å². The van der Waals surface area contributed by atoms with Crippen LogP contribution in [0.4, 0.5) is 10.5 Å². The number of piperazine rings is 1. The Morgan fingerprint density at radius 2 is 1.31 bits per heavy atom. The number of pyridine rings is 1. The number of carbonyl (C=O) groups is 2. The monoisotopic (exact) mass is 769 g/mol. The summed E-state index contributed by atoms with van der Waals surface area (Å²) >= 11 is 0. The topological polar surface area (TPSA) is 69.2 Å². The van der Waals surface area contributed by atoms with Gasteiger partial charge in [0.15, 0.2) is 0 Å². The summed E-state index contributed by atoms with van der Waals surface area (Å²) < 4.78 is 6.01. The Labute approximate surface area is 341 Å². The lowest BCUT2D eigenvalue weighted by Crippen LogP contribution is -2.54. The zero-order valence-electron chi connectivity index (χ0n) is 33.3. The maximum Gasteiger partial charge on any atom is 0.409 e. The average molecular weight is 770 g/mol. The van der Waals surface area contributed by atoms with Gasteiger partial charge < -0.3 is 14.5 Å². The molecular weight excluding hydrogens is 719 g/mol. The molecule has 2 aliphatic heterocycles. The third-order valence-electron chi connectivity index (χ3n) is 12.4. The Morgan fingerprint density at radius 3 is 1.98 bits per heavy atom. The molecule has 5 aromatic carbocycles. The highest BCUT2D eigenvalue weighted by Crippen LogP contribution is 2.44. The zero-order chi connectivity index (χ0) is 39.4. The molecule has 1 aromatic heterocycles. The maximum absolute atomic E-state index is 15.0. The summed E-state index contributed by atoms with van der Waals surface area (Å²) in [6, 6.07) is 45.8. The molecule has 294 valence electrons. The lowest BCUT2D eigenvalue weighted by Gasteiger charge is -2.42. The second kappa shape index (κ2) is 16.9. The summed E-state index contributed by atoms with van der Waals surface area (Å²) in [6.07, 6.45) is 2.69. The molecule has 8 nitrogen and oxygen atoms in total. The number of benzene rings is 5. The number of carbonyl (C=O) groups excluding carboxylic acids is 2. The van der Waals surface area contributed by atoms with Gasteiger partial charge in [0, 0.05) is 73.4 Å². The van der Waals surface area contributed by atoms with Crippen LogP contribution in [-0.2, 0) is 11.3 Å². The van der Waals surface area contributed by atoms with Gasteiger partial charge in [-0.15, -0.1) is 0 Å². The first-order chi connectivity index (χ1) is 28.6. The molecule has 0 atom stereocenters. The molecule has 9 rings (SSSR count). The van der Waals surface area contributed by atoms with Crippen LogP contribution in [0.25, 0.3) is 33.3 Å². The Kier molecular flexibility index (Phi) is 11.0. The normalized spacial score (nSPS) is 16.3. The minimum atomic E-state index is -0.218. The fraction of sp³-hybridized carbons (Fsp3) is 0.300. The Balaban J connectivity index is 0.879. The minimum Gasteiger partial charge on any atom is -0.448 e. The first kappa shape index (κ1) is 37.7. The summed E-state index contributed by atoms with van der Waals surface area (Å²) in [5.41, 5.74) is 10.3. The van der Waals surface area contributed by atoms with E-state index in [0.29, 0.717) is 38.8 Å². The van der Waals surface area contributed by atoms with Crippen molar-refractivity contribution >= 4 is 28.6 Å². The molecule has 0 saturated carbocycles. The van der Waals surface area contributed by atoms with Crippen molar-refractivity contribution in [2.24, 2.45) is 0 Å². The fourth-order valence-electron chi connectivity index (χ4n) is 9.42. The lowest BCUT2D eigenvalue weighted by molar-refractivity contribution is 0.0441. The lowest BCUT2D eigenvalue weighted by atomic mass is 9.94. The largest absolute Gasteiger partial charge is 0.448 e. The van der Waals surface area contributed by atoms with Crippen LogP contribution < -0.4 is 4.90 Å². The van der Waals surface area contributed by atoms with Crippen molar-refractivity contribution in [1.82, 2.24) is 19.7 Å². The van der Waals surface area contributed by atoms with Gasteiger partial charge in [0.1, 0.15) is 6.61 Å². The second-order valence-electron chi connectivity index (χ2n) is 15.8. The number of piperidine rings is 1. The van der Waals surface area contributed by atoms with Crippen molar-refractivity contribution < 1.29 is 14.3 Å². The standard InChI is InChI=1S/C50H51N5O3/c1-2-27-55(38-17-7-4-8-18-38)49(56)47-43-23-13-14-24-46(43)51-48(36-15-5-3-6-16-36)44(47)34-52-28-25-37(26-29-52)53-30-32-54(33-31-53)50(57)58-35-45-41-21-11-9-19-39(41)40-20-10-12-22-42(40)45/h3-24,37,45H,2,25-35H2,1H3. The van der Waals surface area contributed by atoms with Gasteiger partial charge in [0.05, 0.1) is 16.8 Å². The number of hydrogen-bond acceptors (Lipinski definition) is 6. The van der Waals surface area contributed by atoms with Crippen LogP contribution in [0.3, 0.4) is 0 Å². The number of rotatable bonds is 10. The molecule has 8 heteroatoms. The number of anilines is 1. The molecule has 0 N–H and O–H groups in total. The summed E-state index contributed by atoms with van der Waals surface area (Å²) in [5, 5.41) is 0.892. The first-order valence-corrected chi connectivity index (χ1v) is 21.0. The third kappa shape index (κ3) is 7.50. The smallest absolute Gasteiger partial charge is 0.409 e. The van der Waals surface area contributed by atoms with Gasteiger partial charge in [-0.25, -0.2) is 9.78 Å². The van der Waals surface area contributed by atoms with Crippen LogP contribution in [0.5, 0.6) is 0 Å². The highest BCUT2D eigenvalue weighted by atomic mass is 16.6. The van der Waals surface area contributed by atoms with E-state index in [1.165, 1.54) is 22.3 Å². The Hall–Kier alpha value is -5.83. The van der Waals surface area contributed by atoms with E-state index in [9.17, 15) is 9.59 Å². The van der Waals surface area contributed by atoms with E-state index in [1.807, 2.05) is 76.5 Å². The van der Waals surface area contributed by atoms with E-state index >= 15 is 0 Å². The van der Waals surface area contributed by atoms with Crippen molar-refractivity contribution in [3.05, 3.63) is 156 Å². The molecule has 0 bridgehead atoms. The molecule has 1 aliphatic carbocycles. The van der Waals surface area contributed by atoms with Crippen LogP contribution >= 0.6 is 0 Å². The van der Waals surface area contributed by atoms with Crippen molar-refractivity contribution in [3.8, 4) is 22.4 Å². The molecule has 2 fully saturated rings. The zero-order valence-corrected chi connectivity index (χ0v) is 33.3. The SMILES string of the molecule is CCCN(C(=O)c1c(CN2CCC(N3CCN(C(=O)OCC4c5ccccc5-c5ccccc54)CC3)CC2)c(-c2ccccc2)nc2ccccc12)c1ccccc1. The van der Waals surface area contributed by atoms with Gasteiger partial charge in [-0.1, -0.05) is 122 Å². The highest BCUT2D eigenvalue weighted by Gasteiger charge is 2.33. The number of nitrogens with zero attached hydrogens (tertiary/aromatic N) is 5. The van der Waals surface area contributed by atoms with Crippen LogP contribution in [-0.4, -0.2) is 90.1 Å². The van der Waals surface area contributed by atoms with E-state index in [-0.39, 0.29) is 17.9 Å². The molecule has 2 amide bonds. The van der Waals surface area contributed by atoms with Crippen LogP contribution in [0.2, 0.25) is 0 Å². The first-order valence-electron chi connectivity index (χ1n) is 21.0. The van der Waals surface area contributed by atoms with E-state index in [2.05, 4.69) is 83.5 Å². The molecule has 0 spiro atoms. The van der Waals surface area contributed by atoms with Crippen molar-refractivity contribution in [2.45, 2.75) is 44.7 Å². The number of ether oxygens (including phenoxy) is 1. The van der Waals surface area contributed by atoms with Gasteiger partial charge in [-0.3, -0.25) is 14.6 Å². The predicted molar refractivity (Wildman–Crippen MR) is 232 cm³/mol. The molecule has 3 aliphatic rings. The van der Waals surface area contributed by atoms with Crippen LogP contribution in [0.15, 0.2) is 133 Å². The van der Waals surface area contributed by atoms with Crippen LogP contribution in [0.1, 0.15) is 59.2 Å². The fourth-order valence-corrected chi connectivity index (χ4v) is 9.42. The van der Waals surface area contributed by atoms with E-state index < -0.39 is 0 Å². The molecule has 58 heavy (non-hydrogen) atoms. The van der Waals surface area contributed by atoms with Crippen molar-refractivity contribution in [2.75, 3.05) is 57.3 Å². The minimum absolute atomic E-state index is 0.0167. The van der Waals surface area contributed by atoms with Gasteiger partial charge in [-0.2, -0.15) is 0 Å². The van der Waals surface area contributed by atoms with Gasteiger partial charge >= 0.3 is 6.09 Å². The second-order valence-corrected chi connectivity index (χ2v) is 15.8. The Morgan fingerprint density at radius 1 is 0.707 bits per heavy atom. The number of aromatic nitrogens is 1. The molecule has 3 heterocycles. The van der Waals surface area contributed by atoms with Crippen LogP contribution in [0, 0.1) is 0 Å². The third-order valence-corrected chi connectivity index (χ3v) is 12.4. The van der Waals surface area contributed by atoms with Gasteiger partial charge in [-0.05, 0) is 72.8 Å². The van der Waals surface area contributed by atoms with E-state index in [4.69, 9.17) is 9.72 Å². The molecule has 6 aromatic rings. The molecular formula is C50H51N5O3. The van der Waals surface area contributed by atoms with Crippen molar-refractivity contribution in [3.63, 3.8) is 0 Å². The maximum atomic E-state index is 15.0. The molecule has 0 radical (unpaired) electrons. The van der Waals surface area contributed by atoms with Gasteiger partial charge in [0.2, 0.25) is 0 Å². The van der Waals surface area contributed by atoms with Gasteiger partial charge in [0.25, 0.3) is 5.91 Å². The quantitative estimate of drug-likeness (QED) is 0.138.